The minimum atomic E-state index is -0.511. The van der Waals surface area contributed by atoms with Gasteiger partial charge >= 0.3 is 6.03 Å². The topological polar surface area (TPSA) is 81.6 Å². The fourth-order valence-electron chi connectivity index (χ4n) is 6.57. The zero-order valence-electron chi connectivity index (χ0n) is 20.9. The standard InChI is InChI=1S/C28H29F2N7O/c29-21-2-1-3-22(30)19(21)16-37-18-5-7-24(25(37)8-6-18)32-28(38)36-12-10-23-20(15-36)27(34-33-23)17-4-9-26-31-11-13-35(26)14-17/h1-4,9,11,13-14,18,24-25H,5-8,10,12,15-16H2,(H,32,38)(H,33,34). The summed E-state index contributed by atoms with van der Waals surface area (Å²) in [5.41, 5.74) is 4.89. The number of hydrogen-bond acceptors (Lipinski definition) is 4. The van der Waals surface area contributed by atoms with Gasteiger partial charge in [0.1, 0.15) is 17.3 Å². The Morgan fingerprint density at radius 2 is 1.95 bits per heavy atom. The van der Waals surface area contributed by atoms with Gasteiger partial charge in [-0.3, -0.25) is 10.00 Å². The number of carbonyl (C=O) groups excluding carboxylic acids is 1. The number of aromatic amines is 1. The number of rotatable bonds is 4. The monoisotopic (exact) mass is 517 g/mol. The molecule has 0 radical (unpaired) electrons. The first-order chi connectivity index (χ1) is 18.5. The smallest absolute Gasteiger partial charge is 0.317 e. The minimum absolute atomic E-state index is 0.0510. The molecule has 3 unspecified atom stereocenters. The molecule has 8 nitrogen and oxygen atoms in total. The molecule has 3 aromatic heterocycles. The van der Waals surface area contributed by atoms with E-state index in [4.69, 9.17) is 0 Å². The van der Waals surface area contributed by atoms with E-state index in [1.165, 1.54) is 18.2 Å². The van der Waals surface area contributed by atoms with Gasteiger partial charge in [0.05, 0.1) is 12.2 Å². The van der Waals surface area contributed by atoms with Gasteiger partial charge in [-0.2, -0.15) is 5.10 Å². The first-order valence-electron chi connectivity index (χ1n) is 13.3. The van der Waals surface area contributed by atoms with E-state index in [1.54, 1.807) is 6.20 Å². The van der Waals surface area contributed by atoms with Gasteiger partial charge in [-0.05, 0) is 49.9 Å². The number of urea groups is 1. The van der Waals surface area contributed by atoms with Crippen LogP contribution in [-0.4, -0.2) is 60.1 Å². The second-order valence-corrected chi connectivity index (χ2v) is 10.6. The molecule has 2 N–H and O–H groups in total. The Morgan fingerprint density at radius 1 is 1.11 bits per heavy atom. The second kappa shape index (κ2) is 9.20. The van der Waals surface area contributed by atoms with Gasteiger partial charge < -0.3 is 14.6 Å². The molecule has 38 heavy (non-hydrogen) atoms. The van der Waals surface area contributed by atoms with Crippen molar-refractivity contribution in [2.24, 2.45) is 0 Å². The summed E-state index contributed by atoms with van der Waals surface area (Å²) in [7, 11) is 0. The van der Waals surface area contributed by atoms with Gasteiger partial charge in [-0.25, -0.2) is 18.6 Å². The second-order valence-electron chi connectivity index (χ2n) is 10.6. The molecule has 4 aromatic rings. The number of pyridine rings is 1. The normalized spacial score (nSPS) is 23.1. The molecule has 0 saturated carbocycles. The van der Waals surface area contributed by atoms with Crippen LogP contribution < -0.4 is 5.32 Å². The first-order valence-corrected chi connectivity index (χ1v) is 13.3. The van der Waals surface area contributed by atoms with Crippen molar-refractivity contribution in [3.8, 4) is 11.3 Å². The lowest BCUT2D eigenvalue weighted by Gasteiger charge is -2.41. The van der Waals surface area contributed by atoms with E-state index in [0.717, 1.165) is 53.8 Å². The van der Waals surface area contributed by atoms with Gasteiger partial charge in [-0.15, -0.1) is 0 Å². The first kappa shape index (κ1) is 23.3. The summed E-state index contributed by atoms with van der Waals surface area (Å²) in [5.74, 6) is -1.02. The predicted molar refractivity (Wildman–Crippen MR) is 137 cm³/mol. The molecule has 2 amide bonds. The molecular weight excluding hydrogens is 488 g/mol. The fraction of sp³-hybridized carbons (Fsp3) is 0.393. The van der Waals surface area contributed by atoms with E-state index in [2.05, 4.69) is 25.4 Å². The third kappa shape index (κ3) is 3.94. The molecule has 3 atom stereocenters. The number of benzene rings is 1. The largest absolute Gasteiger partial charge is 0.334 e. The van der Waals surface area contributed by atoms with Gasteiger partial charge in [0.25, 0.3) is 0 Å². The summed E-state index contributed by atoms with van der Waals surface area (Å²) in [6.07, 6.45) is 10.1. The highest BCUT2D eigenvalue weighted by atomic mass is 19.1. The molecule has 10 heteroatoms. The Kier molecular flexibility index (Phi) is 5.65. The van der Waals surface area contributed by atoms with Gasteiger partial charge in [-0.1, -0.05) is 6.07 Å². The van der Waals surface area contributed by atoms with Crippen LogP contribution in [0.2, 0.25) is 0 Å². The predicted octanol–water partition coefficient (Wildman–Crippen LogP) is 4.27. The molecule has 2 saturated heterocycles. The third-order valence-corrected chi connectivity index (χ3v) is 8.56. The van der Waals surface area contributed by atoms with Crippen LogP contribution in [0, 0.1) is 11.6 Å². The number of fused-ring (bicyclic) bond motifs is 4. The number of piperidine rings is 1. The van der Waals surface area contributed by atoms with Crippen molar-refractivity contribution < 1.29 is 13.6 Å². The zero-order chi connectivity index (χ0) is 25.8. The lowest BCUT2D eigenvalue weighted by molar-refractivity contribution is 0.0962. The summed E-state index contributed by atoms with van der Waals surface area (Å²) < 4.78 is 30.7. The van der Waals surface area contributed by atoms with Crippen LogP contribution in [0.15, 0.2) is 48.9 Å². The Balaban J connectivity index is 1.07. The van der Waals surface area contributed by atoms with Gasteiger partial charge in [0, 0.05) is 78.6 Å². The molecule has 0 aliphatic carbocycles. The van der Waals surface area contributed by atoms with Crippen molar-refractivity contribution in [3.63, 3.8) is 0 Å². The Hall–Kier alpha value is -3.79. The molecule has 3 aliphatic rings. The highest BCUT2D eigenvalue weighted by molar-refractivity contribution is 5.76. The molecule has 3 aliphatic heterocycles. The van der Waals surface area contributed by atoms with Crippen LogP contribution in [0.25, 0.3) is 16.9 Å². The van der Waals surface area contributed by atoms with Crippen molar-refractivity contribution in [3.05, 3.63) is 77.4 Å². The van der Waals surface area contributed by atoms with Crippen LogP contribution in [-0.2, 0) is 19.5 Å². The highest BCUT2D eigenvalue weighted by Crippen LogP contribution is 2.38. The average molecular weight is 518 g/mol. The fourth-order valence-corrected chi connectivity index (χ4v) is 6.57. The van der Waals surface area contributed by atoms with E-state index >= 15 is 0 Å². The summed E-state index contributed by atoms with van der Waals surface area (Å²) in [4.78, 5) is 21.8. The minimum Gasteiger partial charge on any atom is -0.334 e. The van der Waals surface area contributed by atoms with Crippen molar-refractivity contribution >= 4 is 11.7 Å². The van der Waals surface area contributed by atoms with Crippen molar-refractivity contribution in [2.75, 3.05) is 6.54 Å². The number of carbonyl (C=O) groups is 1. The van der Waals surface area contributed by atoms with Crippen molar-refractivity contribution in [1.82, 2.24) is 34.7 Å². The maximum absolute atomic E-state index is 14.4. The zero-order valence-corrected chi connectivity index (χ0v) is 20.9. The van der Waals surface area contributed by atoms with E-state index < -0.39 is 11.6 Å². The molecule has 0 spiro atoms. The maximum Gasteiger partial charge on any atom is 0.317 e. The SMILES string of the molecule is O=C(NC1CCC2CCC1N2Cc1c(F)cccc1F)N1CCc2[nH]nc(-c3ccc4nccn4c3)c2C1. The summed E-state index contributed by atoms with van der Waals surface area (Å²) in [5, 5.41) is 11.0. The van der Waals surface area contributed by atoms with E-state index in [1.807, 2.05) is 33.8 Å². The number of halogens is 2. The van der Waals surface area contributed by atoms with Crippen LogP contribution >= 0.6 is 0 Å². The number of H-pyrrole nitrogens is 1. The van der Waals surface area contributed by atoms with Crippen LogP contribution in [0.1, 0.15) is 42.5 Å². The number of aromatic nitrogens is 4. The summed E-state index contributed by atoms with van der Waals surface area (Å²) >= 11 is 0. The number of nitrogens with zero attached hydrogens (tertiary/aromatic N) is 5. The number of hydrogen-bond donors (Lipinski definition) is 2. The Labute approximate surface area is 218 Å². The molecule has 6 heterocycles. The molecule has 1 aromatic carbocycles. The van der Waals surface area contributed by atoms with E-state index in [9.17, 15) is 13.6 Å². The van der Waals surface area contributed by atoms with Crippen molar-refractivity contribution in [1.29, 1.82) is 0 Å². The average Bonchev–Trinajstić information content (AvgIpc) is 3.63. The Bertz CT molecular complexity index is 1490. The van der Waals surface area contributed by atoms with Gasteiger partial charge in [0.2, 0.25) is 0 Å². The number of imidazole rings is 1. The number of nitrogens with one attached hydrogen (secondary N) is 2. The van der Waals surface area contributed by atoms with Crippen LogP contribution in [0.4, 0.5) is 13.6 Å². The lowest BCUT2D eigenvalue weighted by atomic mass is 9.96. The van der Waals surface area contributed by atoms with Crippen molar-refractivity contribution in [2.45, 2.75) is 63.3 Å². The van der Waals surface area contributed by atoms with Crippen LogP contribution in [0.3, 0.4) is 0 Å². The van der Waals surface area contributed by atoms with E-state index in [-0.39, 0.29) is 30.2 Å². The molecular formula is C28H29F2N7O. The lowest BCUT2D eigenvalue weighted by Crippen LogP contribution is -2.56. The highest BCUT2D eigenvalue weighted by Gasteiger charge is 2.43. The van der Waals surface area contributed by atoms with Gasteiger partial charge in [0.15, 0.2) is 0 Å². The molecule has 2 fully saturated rings. The Morgan fingerprint density at radius 3 is 2.82 bits per heavy atom. The summed E-state index contributed by atoms with van der Waals surface area (Å²) in [6.45, 7) is 1.30. The molecule has 7 rings (SSSR count). The van der Waals surface area contributed by atoms with E-state index in [0.29, 0.717) is 25.6 Å². The maximum atomic E-state index is 14.4. The molecule has 196 valence electrons. The number of amides is 2. The third-order valence-electron chi connectivity index (χ3n) is 8.56. The summed E-state index contributed by atoms with van der Waals surface area (Å²) in [6, 6.07) is 8.20. The van der Waals surface area contributed by atoms with Crippen LogP contribution in [0.5, 0.6) is 0 Å². The quantitative estimate of drug-likeness (QED) is 0.424. The molecule has 2 bridgehead atoms.